The number of unbranched alkanes of at least 4 members (excludes halogenated alkanes) is 2. The van der Waals surface area contributed by atoms with Gasteiger partial charge < -0.3 is 15.3 Å². The van der Waals surface area contributed by atoms with Gasteiger partial charge in [0.15, 0.2) is 0 Å². The maximum absolute atomic E-state index is 12.4. The van der Waals surface area contributed by atoms with Crippen molar-refractivity contribution in [1.82, 2.24) is 20.0 Å². The molecule has 2 amide bonds. The number of rotatable bonds is 7. The minimum atomic E-state index is -0.825. The molecule has 2 N–H and O–H groups in total. The molecule has 1 aromatic heterocycles. The van der Waals surface area contributed by atoms with Crippen molar-refractivity contribution in [2.75, 3.05) is 13.1 Å². The van der Waals surface area contributed by atoms with Gasteiger partial charge >= 0.3 is 12.0 Å². The van der Waals surface area contributed by atoms with Gasteiger partial charge in [0.25, 0.3) is 0 Å². The molecule has 7 nitrogen and oxygen atoms in total. The fourth-order valence-electron chi connectivity index (χ4n) is 3.35. The molecule has 0 radical (unpaired) electrons. The Hall–Kier alpha value is -2.05. The van der Waals surface area contributed by atoms with E-state index in [2.05, 4.69) is 17.3 Å². The van der Waals surface area contributed by atoms with Gasteiger partial charge in [-0.3, -0.25) is 9.48 Å². The maximum atomic E-state index is 12.4. The number of carboxylic acid groups (broad SMARTS) is 1. The second kappa shape index (κ2) is 8.87. The highest BCUT2D eigenvalue weighted by atomic mass is 16.4. The number of carboxylic acids is 1. The Morgan fingerprint density at radius 2 is 2.12 bits per heavy atom. The van der Waals surface area contributed by atoms with E-state index in [0.29, 0.717) is 19.5 Å². The molecule has 2 unspecified atom stereocenters. The molecule has 1 saturated heterocycles. The van der Waals surface area contributed by atoms with Gasteiger partial charge in [-0.15, -0.1) is 0 Å². The van der Waals surface area contributed by atoms with E-state index in [4.69, 9.17) is 0 Å². The third-order valence-corrected chi connectivity index (χ3v) is 4.77. The summed E-state index contributed by atoms with van der Waals surface area (Å²) in [6, 6.07) is -0.198. The Morgan fingerprint density at radius 3 is 2.80 bits per heavy atom. The number of carbonyl (C=O) groups excluding carboxylic acids is 1. The molecule has 0 saturated carbocycles. The molecule has 0 spiro atoms. The van der Waals surface area contributed by atoms with Crippen LogP contribution >= 0.6 is 0 Å². The van der Waals surface area contributed by atoms with Gasteiger partial charge in [0.05, 0.1) is 11.6 Å². The number of nitrogens with zero attached hydrogens (tertiary/aromatic N) is 3. The molecular formula is C18H30N4O3. The largest absolute Gasteiger partial charge is 0.481 e. The minimum absolute atomic E-state index is 0.198. The second-order valence-corrected chi connectivity index (χ2v) is 7.15. The fourth-order valence-corrected chi connectivity index (χ4v) is 3.35. The number of amides is 2. The van der Waals surface area contributed by atoms with Crippen LogP contribution in [0.1, 0.15) is 50.8 Å². The van der Waals surface area contributed by atoms with Gasteiger partial charge in [-0.25, -0.2) is 4.79 Å². The van der Waals surface area contributed by atoms with Crippen molar-refractivity contribution < 1.29 is 14.7 Å². The third kappa shape index (κ3) is 5.47. The molecule has 2 atom stereocenters. The summed E-state index contributed by atoms with van der Waals surface area (Å²) in [7, 11) is 0. The first-order valence-corrected chi connectivity index (χ1v) is 9.19. The van der Waals surface area contributed by atoms with Crippen molar-refractivity contribution in [3.05, 3.63) is 17.5 Å². The smallest absolute Gasteiger partial charge is 0.317 e. The lowest BCUT2D eigenvalue weighted by atomic mass is 9.91. The van der Waals surface area contributed by atoms with E-state index in [9.17, 15) is 14.7 Å². The molecule has 1 fully saturated rings. The van der Waals surface area contributed by atoms with Crippen molar-refractivity contribution in [2.24, 2.45) is 11.8 Å². The molecule has 2 rings (SSSR count). The monoisotopic (exact) mass is 350 g/mol. The van der Waals surface area contributed by atoms with Crippen molar-refractivity contribution in [3.63, 3.8) is 0 Å². The lowest BCUT2D eigenvalue weighted by molar-refractivity contribution is -0.143. The average molecular weight is 350 g/mol. The Balaban J connectivity index is 1.88. The van der Waals surface area contributed by atoms with Gasteiger partial charge in [0.1, 0.15) is 0 Å². The molecular weight excluding hydrogens is 320 g/mol. The van der Waals surface area contributed by atoms with Crippen LogP contribution in [0.3, 0.4) is 0 Å². The summed E-state index contributed by atoms with van der Waals surface area (Å²) >= 11 is 0. The van der Waals surface area contributed by atoms with Crippen LogP contribution in [0.5, 0.6) is 0 Å². The first-order valence-electron chi connectivity index (χ1n) is 9.19. The van der Waals surface area contributed by atoms with Crippen molar-refractivity contribution in [3.8, 4) is 0 Å². The van der Waals surface area contributed by atoms with Crippen LogP contribution < -0.4 is 5.32 Å². The molecule has 140 valence electrons. The summed E-state index contributed by atoms with van der Waals surface area (Å²) in [6.07, 6.45) is 6.08. The number of nitrogens with one attached hydrogen (secondary N) is 1. The van der Waals surface area contributed by atoms with Gasteiger partial charge in [0, 0.05) is 37.9 Å². The lowest BCUT2D eigenvalue weighted by Gasteiger charge is -2.34. The minimum Gasteiger partial charge on any atom is -0.481 e. The number of aryl methyl sites for hydroxylation is 2. The summed E-state index contributed by atoms with van der Waals surface area (Å²) in [6.45, 7) is 8.30. The number of piperidine rings is 1. The number of hydrogen-bond acceptors (Lipinski definition) is 3. The van der Waals surface area contributed by atoms with Crippen LogP contribution in [-0.2, 0) is 17.9 Å². The van der Waals surface area contributed by atoms with Crippen LogP contribution in [0.2, 0.25) is 0 Å². The first-order chi connectivity index (χ1) is 11.9. The van der Waals surface area contributed by atoms with E-state index in [-0.39, 0.29) is 18.5 Å². The van der Waals surface area contributed by atoms with Crippen molar-refractivity contribution in [2.45, 2.75) is 59.5 Å². The van der Waals surface area contributed by atoms with E-state index in [1.807, 2.05) is 24.7 Å². The molecule has 25 heavy (non-hydrogen) atoms. The number of hydrogen-bond donors (Lipinski definition) is 2. The normalized spacial score (nSPS) is 20.5. The molecule has 1 aromatic rings. The summed E-state index contributed by atoms with van der Waals surface area (Å²) < 4.78 is 1.94. The maximum Gasteiger partial charge on any atom is 0.317 e. The molecule has 0 aliphatic carbocycles. The standard InChI is InChI=1S/C18H30N4O3/c1-4-5-6-7-22-12-16(14(3)20-22)9-19-18(25)21-10-13(2)8-15(11-21)17(23)24/h12-13,15H,4-11H2,1-3H3,(H,19,25)(H,23,24). The van der Waals surface area contributed by atoms with Gasteiger partial charge in [-0.2, -0.15) is 5.10 Å². The quantitative estimate of drug-likeness (QED) is 0.740. The number of aliphatic carboxylic acids is 1. The molecule has 0 bridgehead atoms. The number of likely N-dealkylation sites (tertiary alicyclic amines) is 1. The zero-order valence-corrected chi connectivity index (χ0v) is 15.5. The number of urea groups is 1. The van der Waals surface area contributed by atoms with E-state index in [1.54, 1.807) is 4.90 Å². The first kappa shape index (κ1) is 19.3. The van der Waals surface area contributed by atoms with Crippen LogP contribution in [0.25, 0.3) is 0 Å². The Kier molecular flexibility index (Phi) is 6.84. The Labute approximate surface area is 149 Å². The van der Waals surface area contributed by atoms with E-state index in [1.165, 1.54) is 12.8 Å². The molecule has 1 aliphatic rings. The number of aromatic nitrogens is 2. The summed E-state index contributed by atoms with van der Waals surface area (Å²) in [5.74, 6) is -1.10. The van der Waals surface area contributed by atoms with Crippen molar-refractivity contribution in [1.29, 1.82) is 0 Å². The highest BCUT2D eigenvalue weighted by Gasteiger charge is 2.31. The highest BCUT2D eigenvalue weighted by Crippen LogP contribution is 2.21. The van der Waals surface area contributed by atoms with Crippen LogP contribution in [0.4, 0.5) is 4.79 Å². The van der Waals surface area contributed by atoms with E-state index < -0.39 is 11.9 Å². The van der Waals surface area contributed by atoms with Gasteiger partial charge in [-0.05, 0) is 25.7 Å². The molecule has 7 heteroatoms. The predicted molar refractivity (Wildman–Crippen MR) is 95.2 cm³/mol. The molecule has 0 aromatic carbocycles. The van der Waals surface area contributed by atoms with Gasteiger partial charge in [-0.1, -0.05) is 26.7 Å². The summed E-state index contributed by atoms with van der Waals surface area (Å²) in [5, 5.41) is 16.6. The Morgan fingerprint density at radius 1 is 1.36 bits per heavy atom. The summed E-state index contributed by atoms with van der Waals surface area (Å²) in [5.41, 5.74) is 1.93. The lowest BCUT2D eigenvalue weighted by Crippen LogP contribution is -2.49. The Bertz CT molecular complexity index is 599. The zero-order chi connectivity index (χ0) is 18.4. The van der Waals surface area contributed by atoms with Crippen molar-refractivity contribution >= 4 is 12.0 Å². The predicted octanol–water partition coefficient (Wildman–Crippen LogP) is 2.63. The third-order valence-electron chi connectivity index (χ3n) is 4.77. The average Bonchev–Trinajstić information content (AvgIpc) is 2.92. The second-order valence-electron chi connectivity index (χ2n) is 7.15. The van der Waals surface area contributed by atoms with Gasteiger partial charge in [0.2, 0.25) is 0 Å². The number of carbonyl (C=O) groups is 2. The van der Waals surface area contributed by atoms with Crippen LogP contribution in [0.15, 0.2) is 6.20 Å². The topological polar surface area (TPSA) is 87.5 Å². The zero-order valence-electron chi connectivity index (χ0n) is 15.5. The molecule has 2 heterocycles. The van der Waals surface area contributed by atoms with Crippen LogP contribution in [-0.4, -0.2) is 44.9 Å². The van der Waals surface area contributed by atoms with E-state index >= 15 is 0 Å². The SMILES string of the molecule is CCCCCn1cc(CNC(=O)N2CC(C)CC(C(=O)O)C2)c(C)n1. The van der Waals surface area contributed by atoms with Crippen LogP contribution in [0, 0.1) is 18.8 Å². The highest BCUT2D eigenvalue weighted by molar-refractivity contribution is 5.76. The molecule has 1 aliphatic heterocycles. The fraction of sp³-hybridized carbons (Fsp3) is 0.722. The summed E-state index contributed by atoms with van der Waals surface area (Å²) in [4.78, 5) is 25.3. The van der Waals surface area contributed by atoms with E-state index in [0.717, 1.165) is 24.2 Å².